The largest absolute Gasteiger partial charge is 0.238 e. The maximum absolute atomic E-state index is 7.32. The second-order valence-electron chi connectivity index (χ2n) is 9.99. The van der Waals surface area contributed by atoms with Crippen LogP contribution < -0.4 is 0 Å². The Balaban J connectivity index is 1.39. The van der Waals surface area contributed by atoms with Gasteiger partial charge >= 0.3 is 0 Å². The molecule has 1 aromatic heterocycles. The zero-order valence-electron chi connectivity index (χ0n) is 22.6. The molecule has 0 atom stereocenters. The van der Waals surface area contributed by atoms with Gasteiger partial charge in [-0.05, 0) is 39.1 Å². The SMILES string of the molecule is [C-]#[N+]c1ccc(-c2cccc3cccc(-c4cccc(-c5nc(-c6ccccc6)nc(-c6ccccc6)n5)c4)c23)cc1. The minimum atomic E-state index is 0.625. The molecule has 0 radical (unpaired) electrons. The van der Waals surface area contributed by atoms with Gasteiger partial charge in [0.2, 0.25) is 0 Å². The van der Waals surface area contributed by atoms with E-state index in [0.29, 0.717) is 23.2 Å². The van der Waals surface area contributed by atoms with Crippen molar-refractivity contribution in [2.45, 2.75) is 0 Å². The van der Waals surface area contributed by atoms with Gasteiger partial charge in [-0.1, -0.05) is 140 Å². The Labute approximate surface area is 244 Å². The number of rotatable bonds is 5. The first-order chi connectivity index (χ1) is 20.8. The van der Waals surface area contributed by atoms with Crippen LogP contribution in [0, 0.1) is 6.57 Å². The minimum absolute atomic E-state index is 0.625. The molecule has 0 aliphatic heterocycles. The Bertz CT molecular complexity index is 2010. The lowest BCUT2D eigenvalue weighted by molar-refractivity contribution is 1.07. The van der Waals surface area contributed by atoms with Gasteiger partial charge in [0.05, 0.1) is 6.57 Å². The molecule has 4 heteroatoms. The van der Waals surface area contributed by atoms with E-state index in [0.717, 1.165) is 44.3 Å². The van der Waals surface area contributed by atoms with Crippen molar-refractivity contribution in [2.75, 3.05) is 0 Å². The Kier molecular flexibility index (Phi) is 6.52. The molecular formula is C38H24N4. The number of aromatic nitrogens is 3. The summed E-state index contributed by atoms with van der Waals surface area (Å²) in [6, 6.07) is 49.0. The van der Waals surface area contributed by atoms with Crippen molar-refractivity contribution in [3.8, 4) is 56.4 Å². The third kappa shape index (κ3) is 4.81. The number of hydrogen-bond donors (Lipinski definition) is 0. The molecule has 0 aliphatic carbocycles. The normalized spacial score (nSPS) is 10.8. The molecule has 0 bridgehead atoms. The van der Waals surface area contributed by atoms with Gasteiger partial charge in [-0.25, -0.2) is 19.8 Å². The Morgan fingerprint density at radius 3 is 1.45 bits per heavy atom. The molecule has 196 valence electrons. The van der Waals surface area contributed by atoms with Crippen molar-refractivity contribution in [3.63, 3.8) is 0 Å². The van der Waals surface area contributed by atoms with Crippen LogP contribution in [0.15, 0.2) is 146 Å². The Hall–Kier alpha value is -5.92. The second kappa shape index (κ2) is 10.9. The summed E-state index contributed by atoms with van der Waals surface area (Å²) in [5.41, 5.74) is 7.84. The number of nitrogens with zero attached hydrogens (tertiary/aromatic N) is 4. The molecule has 0 spiro atoms. The van der Waals surface area contributed by atoms with E-state index in [-0.39, 0.29) is 0 Å². The number of benzene rings is 6. The number of fused-ring (bicyclic) bond motifs is 1. The summed E-state index contributed by atoms with van der Waals surface area (Å²) >= 11 is 0. The van der Waals surface area contributed by atoms with E-state index in [2.05, 4.69) is 65.5 Å². The summed E-state index contributed by atoms with van der Waals surface area (Å²) in [5.74, 6) is 1.90. The topological polar surface area (TPSA) is 43.0 Å². The molecule has 1 heterocycles. The summed E-state index contributed by atoms with van der Waals surface area (Å²) in [4.78, 5) is 18.3. The summed E-state index contributed by atoms with van der Waals surface area (Å²) < 4.78 is 0. The first-order valence-corrected chi connectivity index (χ1v) is 13.7. The van der Waals surface area contributed by atoms with Crippen LogP contribution in [0.1, 0.15) is 0 Å². The van der Waals surface area contributed by atoms with E-state index in [1.807, 2.05) is 84.9 Å². The van der Waals surface area contributed by atoms with Gasteiger partial charge in [-0.3, -0.25) is 0 Å². The molecule has 0 unspecified atom stereocenters. The van der Waals surface area contributed by atoms with Crippen molar-refractivity contribution in [1.29, 1.82) is 0 Å². The van der Waals surface area contributed by atoms with Crippen LogP contribution >= 0.6 is 0 Å². The third-order valence-corrected chi connectivity index (χ3v) is 7.34. The smallest absolute Gasteiger partial charge is 0.187 e. The van der Waals surface area contributed by atoms with Gasteiger partial charge < -0.3 is 0 Å². The van der Waals surface area contributed by atoms with E-state index in [1.165, 1.54) is 5.39 Å². The lowest BCUT2D eigenvalue weighted by Crippen LogP contribution is -2.00. The molecule has 0 aliphatic rings. The third-order valence-electron chi connectivity index (χ3n) is 7.34. The van der Waals surface area contributed by atoms with Gasteiger partial charge in [0.1, 0.15) is 0 Å². The molecule has 4 nitrogen and oxygen atoms in total. The Morgan fingerprint density at radius 2 is 0.881 bits per heavy atom. The highest BCUT2D eigenvalue weighted by molar-refractivity contribution is 6.06. The summed E-state index contributed by atoms with van der Waals surface area (Å²) in [6.07, 6.45) is 0. The van der Waals surface area contributed by atoms with Gasteiger partial charge in [-0.2, -0.15) is 0 Å². The predicted octanol–water partition coefficient (Wildman–Crippen LogP) is 9.91. The van der Waals surface area contributed by atoms with Crippen molar-refractivity contribution < 1.29 is 0 Å². The van der Waals surface area contributed by atoms with Crippen molar-refractivity contribution in [3.05, 3.63) is 157 Å². The van der Waals surface area contributed by atoms with Crippen molar-refractivity contribution in [2.24, 2.45) is 0 Å². The summed E-state index contributed by atoms with van der Waals surface area (Å²) in [5, 5.41) is 2.32. The van der Waals surface area contributed by atoms with Gasteiger partial charge in [0, 0.05) is 16.7 Å². The molecule has 0 N–H and O–H groups in total. The van der Waals surface area contributed by atoms with Crippen LogP contribution in [-0.4, -0.2) is 15.0 Å². The second-order valence-corrected chi connectivity index (χ2v) is 9.99. The van der Waals surface area contributed by atoms with E-state index >= 15 is 0 Å². The average molecular weight is 537 g/mol. The first kappa shape index (κ1) is 25.1. The van der Waals surface area contributed by atoms with Gasteiger partial charge in [0.25, 0.3) is 0 Å². The minimum Gasteiger partial charge on any atom is -0.238 e. The fourth-order valence-electron chi connectivity index (χ4n) is 5.30. The highest BCUT2D eigenvalue weighted by Crippen LogP contribution is 2.38. The van der Waals surface area contributed by atoms with Crippen LogP contribution in [0.5, 0.6) is 0 Å². The van der Waals surface area contributed by atoms with Gasteiger partial charge in [-0.15, -0.1) is 0 Å². The molecule has 6 aromatic carbocycles. The zero-order chi connectivity index (χ0) is 28.3. The number of hydrogen-bond acceptors (Lipinski definition) is 3. The molecule has 7 rings (SSSR count). The molecule has 0 amide bonds. The summed E-state index contributed by atoms with van der Waals surface area (Å²) in [7, 11) is 0. The fraction of sp³-hybridized carbons (Fsp3) is 0. The fourth-order valence-corrected chi connectivity index (χ4v) is 5.30. The molecule has 0 saturated heterocycles. The van der Waals surface area contributed by atoms with Gasteiger partial charge in [0.15, 0.2) is 23.2 Å². The Morgan fingerprint density at radius 1 is 0.405 bits per heavy atom. The lowest BCUT2D eigenvalue weighted by atomic mass is 9.91. The van der Waals surface area contributed by atoms with Crippen LogP contribution in [0.2, 0.25) is 0 Å². The predicted molar refractivity (Wildman–Crippen MR) is 171 cm³/mol. The maximum atomic E-state index is 7.32. The van der Waals surface area contributed by atoms with E-state index in [4.69, 9.17) is 21.5 Å². The zero-order valence-corrected chi connectivity index (χ0v) is 22.6. The standard InChI is InChI=1S/C38H24N4/c1-39-32-23-21-26(22-24-32)33-19-9-15-27-16-10-20-34(35(27)33)30-17-8-18-31(25-30)38-41-36(28-11-4-2-5-12-28)40-37(42-38)29-13-6-3-7-14-29/h2-25H. The van der Waals surface area contributed by atoms with Crippen molar-refractivity contribution in [1.82, 2.24) is 15.0 Å². The highest BCUT2D eigenvalue weighted by Gasteiger charge is 2.15. The lowest BCUT2D eigenvalue weighted by Gasteiger charge is -2.14. The first-order valence-electron chi connectivity index (χ1n) is 13.7. The van der Waals surface area contributed by atoms with Crippen LogP contribution in [0.25, 0.3) is 72.0 Å². The average Bonchev–Trinajstić information content (AvgIpc) is 3.08. The molecule has 42 heavy (non-hydrogen) atoms. The maximum Gasteiger partial charge on any atom is 0.187 e. The molecule has 7 aromatic rings. The quantitative estimate of drug-likeness (QED) is 0.206. The summed E-state index contributed by atoms with van der Waals surface area (Å²) in [6.45, 7) is 7.32. The highest BCUT2D eigenvalue weighted by atomic mass is 15.0. The monoisotopic (exact) mass is 536 g/mol. The van der Waals surface area contributed by atoms with E-state index < -0.39 is 0 Å². The van der Waals surface area contributed by atoms with Crippen LogP contribution in [0.4, 0.5) is 5.69 Å². The van der Waals surface area contributed by atoms with Crippen molar-refractivity contribution >= 4 is 16.5 Å². The molecule has 0 saturated carbocycles. The van der Waals surface area contributed by atoms with E-state index in [1.54, 1.807) is 0 Å². The molecule has 0 fully saturated rings. The van der Waals surface area contributed by atoms with Crippen LogP contribution in [-0.2, 0) is 0 Å². The van der Waals surface area contributed by atoms with Crippen LogP contribution in [0.3, 0.4) is 0 Å². The molecular weight excluding hydrogens is 512 g/mol. The van der Waals surface area contributed by atoms with E-state index in [9.17, 15) is 0 Å².